The Morgan fingerprint density at radius 3 is 2.75 bits per heavy atom. The highest BCUT2D eigenvalue weighted by atomic mass is 16.5. The van der Waals surface area contributed by atoms with Gasteiger partial charge in [-0.3, -0.25) is 14.5 Å². The minimum absolute atomic E-state index is 0.167. The summed E-state index contributed by atoms with van der Waals surface area (Å²) in [6.07, 6.45) is 4.06. The number of aliphatic hydroxyl groups is 1. The van der Waals surface area contributed by atoms with Gasteiger partial charge < -0.3 is 15.2 Å². The number of ether oxygens (including phenoxy) is 1. The minimum atomic E-state index is -0.657. The molecule has 1 rings (SSSR count). The molecule has 2 atom stereocenters. The average Bonchev–Trinajstić information content (AvgIpc) is 2.68. The number of imide groups is 1. The van der Waals surface area contributed by atoms with E-state index < -0.39 is 12.1 Å². The number of amides is 2. The lowest BCUT2D eigenvalue weighted by Crippen LogP contribution is -2.41. The molecule has 0 bridgehead atoms. The van der Waals surface area contributed by atoms with Gasteiger partial charge in [-0.1, -0.05) is 26.2 Å². The Morgan fingerprint density at radius 1 is 1.40 bits per heavy atom. The smallest absolute Gasteiger partial charge is 0.246 e. The average molecular weight is 286 g/mol. The van der Waals surface area contributed by atoms with Crippen LogP contribution in [0, 0.1) is 0 Å². The first-order chi connectivity index (χ1) is 9.56. The predicted octanol–water partition coefficient (Wildman–Crippen LogP) is 0.291. The number of unbranched alkanes of at least 4 members (excludes halogenated alkanes) is 3. The fourth-order valence-corrected chi connectivity index (χ4v) is 2.10. The first kappa shape index (κ1) is 17.1. The van der Waals surface area contributed by atoms with Gasteiger partial charge in [-0.05, 0) is 6.42 Å². The quantitative estimate of drug-likeness (QED) is 0.446. The molecule has 0 saturated carbocycles. The standard InChI is InChI=1S/C14H26N2O4/c1-3-4-5-6-7-20-10-11(17)9-15-12-8-13(18)16(2)14(12)19/h11-12,15,17H,3-10H2,1-2H3. The van der Waals surface area contributed by atoms with Gasteiger partial charge >= 0.3 is 0 Å². The zero-order valence-electron chi connectivity index (χ0n) is 12.4. The van der Waals surface area contributed by atoms with Crippen LogP contribution in [0.5, 0.6) is 0 Å². The molecule has 2 N–H and O–H groups in total. The van der Waals surface area contributed by atoms with Crippen molar-refractivity contribution in [1.82, 2.24) is 10.2 Å². The maximum atomic E-state index is 11.6. The van der Waals surface area contributed by atoms with Gasteiger partial charge in [-0.15, -0.1) is 0 Å². The van der Waals surface area contributed by atoms with E-state index in [9.17, 15) is 14.7 Å². The van der Waals surface area contributed by atoms with E-state index in [1.54, 1.807) is 0 Å². The molecular weight excluding hydrogens is 260 g/mol. The van der Waals surface area contributed by atoms with Crippen LogP contribution in [-0.4, -0.2) is 60.8 Å². The number of carbonyl (C=O) groups excluding carboxylic acids is 2. The Labute approximate surface area is 120 Å². The zero-order valence-corrected chi connectivity index (χ0v) is 12.4. The van der Waals surface area contributed by atoms with Gasteiger partial charge in [0.05, 0.1) is 25.2 Å². The highest BCUT2D eigenvalue weighted by molar-refractivity contribution is 6.05. The lowest BCUT2D eigenvalue weighted by molar-refractivity contribution is -0.137. The van der Waals surface area contributed by atoms with E-state index in [-0.39, 0.29) is 31.4 Å². The summed E-state index contributed by atoms with van der Waals surface area (Å²) >= 11 is 0. The monoisotopic (exact) mass is 286 g/mol. The van der Waals surface area contributed by atoms with Gasteiger partial charge in [-0.25, -0.2) is 0 Å². The molecule has 0 radical (unpaired) electrons. The highest BCUT2D eigenvalue weighted by Gasteiger charge is 2.35. The second-order valence-electron chi connectivity index (χ2n) is 5.25. The predicted molar refractivity (Wildman–Crippen MR) is 75.2 cm³/mol. The zero-order chi connectivity index (χ0) is 15.0. The number of rotatable bonds is 10. The molecule has 20 heavy (non-hydrogen) atoms. The van der Waals surface area contributed by atoms with E-state index >= 15 is 0 Å². The summed E-state index contributed by atoms with van der Waals surface area (Å²) in [7, 11) is 1.47. The van der Waals surface area contributed by atoms with Crippen molar-refractivity contribution >= 4 is 11.8 Å². The lowest BCUT2D eigenvalue weighted by Gasteiger charge is -2.15. The van der Waals surface area contributed by atoms with Crippen LogP contribution in [0.25, 0.3) is 0 Å². The van der Waals surface area contributed by atoms with Gasteiger partial charge in [0, 0.05) is 20.2 Å². The second-order valence-corrected chi connectivity index (χ2v) is 5.25. The Kier molecular flexibility index (Phi) is 7.72. The fourth-order valence-electron chi connectivity index (χ4n) is 2.10. The summed E-state index contributed by atoms with van der Waals surface area (Å²) in [4.78, 5) is 24.1. The molecule has 2 unspecified atom stereocenters. The van der Waals surface area contributed by atoms with Gasteiger partial charge in [0.1, 0.15) is 0 Å². The molecular formula is C14H26N2O4. The molecule has 0 aromatic heterocycles. The molecule has 1 fully saturated rings. The number of aliphatic hydroxyl groups excluding tert-OH is 1. The number of nitrogens with zero attached hydrogens (tertiary/aromatic N) is 1. The van der Waals surface area contributed by atoms with E-state index in [4.69, 9.17) is 4.74 Å². The summed E-state index contributed by atoms with van der Waals surface area (Å²) in [5.74, 6) is -0.420. The highest BCUT2D eigenvalue weighted by Crippen LogP contribution is 2.10. The Hall–Kier alpha value is -0.980. The number of hydrogen-bond acceptors (Lipinski definition) is 5. The largest absolute Gasteiger partial charge is 0.389 e. The van der Waals surface area contributed by atoms with E-state index in [2.05, 4.69) is 12.2 Å². The van der Waals surface area contributed by atoms with Gasteiger partial charge in [0.15, 0.2) is 0 Å². The van der Waals surface area contributed by atoms with Crippen LogP contribution in [-0.2, 0) is 14.3 Å². The number of hydrogen-bond donors (Lipinski definition) is 2. The van der Waals surface area contributed by atoms with Crippen molar-refractivity contribution in [1.29, 1.82) is 0 Å². The van der Waals surface area contributed by atoms with E-state index in [1.807, 2.05) is 0 Å². The first-order valence-electron chi connectivity index (χ1n) is 7.35. The molecule has 0 aliphatic carbocycles. The molecule has 6 heteroatoms. The fraction of sp³-hybridized carbons (Fsp3) is 0.857. The van der Waals surface area contributed by atoms with Crippen LogP contribution < -0.4 is 5.32 Å². The van der Waals surface area contributed by atoms with E-state index in [0.717, 1.165) is 17.7 Å². The van der Waals surface area contributed by atoms with Gasteiger partial charge in [-0.2, -0.15) is 0 Å². The molecule has 1 saturated heterocycles. The normalized spacial score (nSPS) is 20.8. The van der Waals surface area contributed by atoms with Crippen LogP contribution in [0.3, 0.4) is 0 Å². The minimum Gasteiger partial charge on any atom is -0.389 e. The molecule has 2 amide bonds. The van der Waals surface area contributed by atoms with Crippen molar-refractivity contribution in [3.8, 4) is 0 Å². The van der Waals surface area contributed by atoms with E-state index in [1.165, 1.54) is 19.9 Å². The Balaban J connectivity index is 2.07. The SMILES string of the molecule is CCCCCCOCC(O)CNC1CC(=O)N(C)C1=O. The number of likely N-dealkylation sites (N-methyl/N-ethyl adjacent to an activating group) is 1. The number of likely N-dealkylation sites (tertiary alicyclic amines) is 1. The molecule has 0 aromatic rings. The molecule has 1 aliphatic heterocycles. The van der Waals surface area contributed by atoms with Crippen molar-refractivity contribution in [2.75, 3.05) is 26.8 Å². The summed E-state index contributed by atoms with van der Waals surface area (Å²) in [6, 6.07) is -0.508. The van der Waals surface area contributed by atoms with Crippen LogP contribution in [0.1, 0.15) is 39.0 Å². The number of carbonyl (C=O) groups is 2. The molecule has 0 aromatic carbocycles. The maximum absolute atomic E-state index is 11.6. The Morgan fingerprint density at radius 2 is 2.15 bits per heavy atom. The topological polar surface area (TPSA) is 78.9 Å². The van der Waals surface area contributed by atoms with E-state index in [0.29, 0.717) is 6.61 Å². The van der Waals surface area contributed by atoms with Crippen molar-refractivity contribution in [2.24, 2.45) is 0 Å². The molecule has 116 valence electrons. The summed E-state index contributed by atoms with van der Waals surface area (Å²) in [6.45, 7) is 3.32. The third-order valence-electron chi connectivity index (χ3n) is 3.43. The van der Waals surface area contributed by atoms with Crippen molar-refractivity contribution < 1.29 is 19.4 Å². The van der Waals surface area contributed by atoms with Crippen molar-refractivity contribution in [2.45, 2.75) is 51.2 Å². The van der Waals surface area contributed by atoms with Crippen LogP contribution >= 0.6 is 0 Å². The summed E-state index contributed by atoms with van der Waals surface area (Å²) < 4.78 is 5.37. The third kappa shape index (κ3) is 5.56. The van der Waals surface area contributed by atoms with Crippen LogP contribution in [0.4, 0.5) is 0 Å². The van der Waals surface area contributed by atoms with Crippen molar-refractivity contribution in [3.05, 3.63) is 0 Å². The summed E-state index contributed by atoms with van der Waals surface area (Å²) in [5.41, 5.74) is 0. The molecule has 6 nitrogen and oxygen atoms in total. The molecule has 1 heterocycles. The van der Waals surface area contributed by atoms with Crippen molar-refractivity contribution in [3.63, 3.8) is 0 Å². The maximum Gasteiger partial charge on any atom is 0.246 e. The van der Waals surface area contributed by atoms with Gasteiger partial charge in [0.2, 0.25) is 11.8 Å². The van der Waals surface area contributed by atoms with Crippen LogP contribution in [0.15, 0.2) is 0 Å². The second kappa shape index (κ2) is 9.05. The molecule has 1 aliphatic rings. The summed E-state index contributed by atoms with van der Waals surface area (Å²) in [5, 5.41) is 12.6. The third-order valence-corrected chi connectivity index (χ3v) is 3.43. The lowest BCUT2D eigenvalue weighted by atomic mass is 10.2. The van der Waals surface area contributed by atoms with Crippen LogP contribution in [0.2, 0.25) is 0 Å². The Bertz CT molecular complexity index is 322. The number of nitrogens with one attached hydrogen (secondary N) is 1. The molecule has 0 spiro atoms. The first-order valence-corrected chi connectivity index (χ1v) is 7.35. The van der Waals surface area contributed by atoms with Gasteiger partial charge in [0.25, 0.3) is 0 Å².